The highest BCUT2D eigenvalue weighted by Gasteiger charge is 2.64. The van der Waals surface area contributed by atoms with E-state index in [9.17, 15) is 58.5 Å². The summed E-state index contributed by atoms with van der Waals surface area (Å²) in [5.41, 5.74) is 13.0. The van der Waals surface area contributed by atoms with Gasteiger partial charge in [0.05, 0.1) is 31.1 Å². The number of nitrogens with two attached hydrogens (primary N) is 1. The van der Waals surface area contributed by atoms with Crippen LogP contribution in [0.5, 0.6) is 11.5 Å². The topological polar surface area (TPSA) is 405 Å². The predicted molar refractivity (Wildman–Crippen MR) is 323 cm³/mol. The van der Waals surface area contributed by atoms with Crippen LogP contribution in [0.1, 0.15) is 90.2 Å². The molecule has 2 aromatic carbocycles. The number of likely N-dealkylation sites (N-methyl/N-ethyl adjacent to an activating group) is 1. The molecule has 3 aliphatic rings. The minimum Gasteiger partial charge on any atom is -0.508 e. The molecule has 2 saturated heterocycles. The lowest BCUT2D eigenvalue weighted by atomic mass is 9.83. The van der Waals surface area contributed by atoms with E-state index in [1.165, 1.54) is 64.4 Å². The van der Waals surface area contributed by atoms with E-state index in [2.05, 4.69) is 36.6 Å². The van der Waals surface area contributed by atoms with E-state index < -0.39 is 126 Å². The summed E-state index contributed by atoms with van der Waals surface area (Å²) in [4.78, 5) is 125. The number of carboxylic acids is 1. The van der Waals surface area contributed by atoms with Gasteiger partial charge in [-0.1, -0.05) is 66.0 Å². The number of fused-ring (bicyclic) bond motifs is 5. The number of esters is 1. The normalized spacial score (nSPS) is 24.0. The maximum Gasteiger partial charge on any atom is 0.409 e. The summed E-state index contributed by atoms with van der Waals surface area (Å²) in [6, 6.07) is 3.06. The maximum absolute atomic E-state index is 14.4. The third-order valence-corrected chi connectivity index (χ3v) is 16.9. The Hall–Kier alpha value is -7.82. The fourth-order valence-corrected chi connectivity index (χ4v) is 11.2. The van der Waals surface area contributed by atoms with E-state index in [1.807, 2.05) is 13.0 Å². The van der Waals surface area contributed by atoms with Gasteiger partial charge >= 0.3 is 24.1 Å². The van der Waals surface area contributed by atoms with Gasteiger partial charge in [-0.2, -0.15) is 11.8 Å². The highest BCUT2D eigenvalue weighted by Crippen LogP contribution is 2.49. The number of carbonyl (C=O) groups is 9. The van der Waals surface area contributed by atoms with Crippen molar-refractivity contribution in [1.29, 1.82) is 0 Å². The number of halogens is 1. The molecule has 3 aliphatic heterocycles. The summed E-state index contributed by atoms with van der Waals surface area (Å²) in [7, 11) is 5.72. The first-order valence-corrected chi connectivity index (χ1v) is 30.1. The number of benzene rings is 2. The van der Waals surface area contributed by atoms with E-state index in [1.54, 1.807) is 38.1 Å². The molecule has 8 amide bonds. The molecule has 4 bridgehead atoms. The molecular formula is C58H80ClN11O17S. The van der Waals surface area contributed by atoms with Crippen molar-refractivity contribution in [2.24, 2.45) is 16.8 Å². The number of azide groups is 1. The molecular weight excluding hydrogens is 1190 g/mol. The molecule has 5 rings (SSSR count). The lowest BCUT2D eigenvalue weighted by molar-refractivity contribution is -0.162. The number of aromatic hydroxyl groups is 1. The van der Waals surface area contributed by atoms with Gasteiger partial charge in [0.1, 0.15) is 64.6 Å². The number of phenolic OH excluding ortho intramolecular Hbond substituents is 1. The monoisotopic (exact) mass is 1270 g/mol. The summed E-state index contributed by atoms with van der Waals surface area (Å²) in [6.07, 6.45) is 0.214. The van der Waals surface area contributed by atoms with Crippen LogP contribution in [-0.2, 0) is 65.4 Å². The number of aliphatic carboxylic acids is 1. The molecule has 11 atom stereocenters. The van der Waals surface area contributed by atoms with Gasteiger partial charge < -0.3 is 75.8 Å². The number of amides is 8. The first-order valence-electron chi connectivity index (χ1n) is 28.5. The Bertz CT molecular complexity index is 2970. The van der Waals surface area contributed by atoms with E-state index in [4.69, 9.17) is 46.6 Å². The van der Waals surface area contributed by atoms with Crippen LogP contribution in [0.3, 0.4) is 0 Å². The van der Waals surface area contributed by atoms with Crippen LogP contribution in [0.2, 0.25) is 5.02 Å². The summed E-state index contributed by atoms with van der Waals surface area (Å²) in [5.74, 6) is -6.26. The van der Waals surface area contributed by atoms with Crippen molar-refractivity contribution in [3.05, 3.63) is 86.8 Å². The number of hydrogen-bond acceptors (Lipinski definition) is 18. The Morgan fingerprint density at radius 1 is 1.03 bits per heavy atom. The van der Waals surface area contributed by atoms with Crippen LogP contribution in [0, 0.1) is 5.92 Å². The molecule has 0 aliphatic carbocycles. The predicted octanol–water partition coefficient (Wildman–Crippen LogP) is 4.05. The second-order valence-electron chi connectivity index (χ2n) is 22.0. The quantitative estimate of drug-likeness (QED) is 0.0152. The molecule has 3 heterocycles. The van der Waals surface area contributed by atoms with Gasteiger partial charge in [-0.15, -0.1) is 0 Å². The minimum atomic E-state index is -1.93. The third kappa shape index (κ3) is 20.1. The number of rotatable bonds is 27. The Morgan fingerprint density at radius 3 is 2.35 bits per heavy atom. The number of carbonyl (C=O) groups excluding carboxylic acids is 8. The van der Waals surface area contributed by atoms with Gasteiger partial charge in [0, 0.05) is 70.1 Å². The summed E-state index contributed by atoms with van der Waals surface area (Å²) in [5, 5.41) is 47.8. The van der Waals surface area contributed by atoms with Gasteiger partial charge in [-0.05, 0) is 93.8 Å². The summed E-state index contributed by atoms with van der Waals surface area (Å²) >= 11 is 7.86. The molecule has 28 nitrogen and oxygen atoms in total. The summed E-state index contributed by atoms with van der Waals surface area (Å²) < 4.78 is 29.4. The van der Waals surface area contributed by atoms with Crippen LogP contribution in [0.25, 0.3) is 10.4 Å². The first-order chi connectivity index (χ1) is 41.6. The number of urea groups is 1. The summed E-state index contributed by atoms with van der Waals surface area (Å²) in [6.45, 7) is 6.79. The molecule has 2 aromatic rings. The fourth-order valence-electron chi connectivity index (χ4n) is 10.2. The molecule has 0 spiro atoms. The molecule has 2 fully saturated rings. The van der Waals surface area contributed by atoms with E-state index in [-0.39, 0.29) is 80.3 Å². The molecule has 88 heavy (non-hydrogen) atoms. The van der Waals surface area contributed by atoms with Crippen LogP contribution >= 0.6 is 23.4 Å². The van der Waals surface area contributed by atoms with Crippen LogP contribution in [0.15, 0.2) is 65.3 Å². The molecule has 0 saturated carbocycles. The largest absolute Gasteiger partial charge is 0.508 e. The Morgan fingerprint density at radius 2 is 1.70 bits per heavy atom. The van der Waals surface area contributed by atoms with Crippen molar-refractivity contribution in [3.8, 4) is 11.5 Å². The Labute approximate surface area is 518 Å². The number of carboxylic acid groups (broad SMARTS) is 1. The first kappa shape index (κ1) is 70.9. The van der Waals surface area contributed by atoms with Gasteiger partial charge in [-0.3, -0.25) is 29.3 Å². The highest BCUT2D eigenvalue weighted by molar-refractivity contribution is 7.99. The number of nitrogens with zero attached hydrogens (tertiary/aromatic N) is 5. The second-order valence-corrected chi connectivity index (χ2v) is 23.5. The molecule has 482 valence electrons. The average Bonchev–Trinajstić information content (AvgIpc) is 1.76. The minimum absolute atomic E-state index is 0.0188. The van der Waals surface area contributed by atoms with Gasteiger partial charge in [-0.25, -0.2) is 19.2 Å². The number of methoxy groups -OCH3 is 2. The van der Waals surface area contributed by atoms with Crippen molar-refractivity contribution >= 4 is 82.6 Å². The third-order valence-electron chi connectivity index (χ3n) is 15.5. The fraction of sp³-hybridized carbons (Fsp3) is 0.569. The van der Waals surface area contributed by atoms with Crippen LogP contribution < -0.4 is 42.0 Å². The number of ether oxygens (including phenoxy) is 5. The smallest absolute Gasteiger partial charge is 0.409 e. The van der Waals surface area contributed by atoms with E-state index in [0.29, 0.717) is 29.8 Å². The molecule has 0 unspecified atom stereocenters. The van der Waals surface area contributed by atoms with Crippen LogP contribution in [0.4, 0.5) is 15.3 Å². The molecule has 0 radical (unpaired) electrons. The van der Waals surface area contributed by atoms with Gasteiger partial charge in [0.2, 0.25) is 29.5 Å². The van der Waals surface area contributed by atoms with Gasteiger partial charge in [0.15, 0.2) is 5.72 Å². The van der Waals surface area contributed by atoms with E-state index in [0.717, 1.165) is 27.8 Å². The van der Waals surface area contributed by atoms with Crippen molar-refractivity contribution < 1.29 is 82.2 Å². The second kappa shape index (κ2) is 33.0. The number of primary amides is 1. The number of anilines is 1. The number of alkyl carbamates (subject to hydrolysis) is 1. The van der Waals surface area contributed by atoms with Crippen molar-refractivity contribution in [3.63, 3.8) is 0 Å². The lowest BCUT2D eigenvalue weighted by Crippen LogP contribution is -2.63. The van der Waals surface area contributed by atoms with Crippen molar-refractivity contribution in [2.45, 2.75) is 152 Å². The standard InChI is InChI=1S/C58H80ClN11O17S/c1-32-13-11-16-44(84-8)58(82)30-43(85-56(81)67-58)33(2)50-57(4,87-50)45(29-48(74)70(6)41-27-36(25-32)28-42(83-7)49(41)59)86-54(79)34(3)69(5)47(73)21-24-88-31-46(72)64-38(15-12-22-62-55(60)80)51(75)65-39(14-9-10-23-63-68-61)52(76)66-40(53(77)78)26-35-17-19-37(71)20-18-35/h11,13,16-20,27-28,33-34,38-40,43-45,50,71,82H,9-10,12,14-15,21-26,29-31H2,1-8H3,(H,64,72)(H,65,75)(H,66,76)(H,67,81)(H,77,78)(H3,60,62,80)/b16-11+,32-13+/t33-,34+,38+,39+,40+,43+,44-,45+,50+,57+,58+/m1/s1. The molecule has 30 heteroatoms. The number of thioether (sulfide) groups is 1. The van der Waals surface area contributed by atoms with Crippen molar-refractivity contribution in [2.75, 3.05) is 57.8 Å². The van der Waals surface area contributed by atoms with Gasteiger partial charge in [0.25, 0.3) is 0 Å². The zero-order valence-electron chi connectivity index (χ0n) is 50.4. The van der Waals surface area contributed by atoms with E-state index >= 15 is 0 Å². The highest BCUT2D eigenvalue weighted by atomic mass is 35.5. The zero-order chi connectivity index (χ0) is 65.0. The zero-order valence-corrected chi connectivity index (χ0v) is 52.0. The number of hydrogen-bond donors (Lipinski definition) is 9. The SMILES string of the molecule is COc1cc2cc(c1Cl)N(C)C(=O)C[C@H](OC(=O)[C@H](C)N(C)C(=O)CCSCC(=O)N[C@@H](CCCNC(N)=O)C(=O)N[C@@H](CCCCN=[N+]=[N-])C(=O)N[C@@H](Cc1ccc(O)cc1)C(=O)O)[C@]1(C)O[C@H]1[C@H](C)[C@@H]1C[C@@](O)(NC(=O)O1)[C@H](OC)/C=C/C=C(\C)C2. The number of nitrogens with one attached hydrogen (secondary N) is 5. The lowest BCUT2D eigenvalue weighted by Gasteiger charge is -2.42. The maximum atomic E-state index is 14.4. The molecule has 10 N–H and O–H groups in total. The molecule has 0 aromatic heterocycles. The van der Waals surface area contributed by atoms with Crippen LogP contribution in [-0.4, -0.2) is 187 Å². The van der Waals surface area contributed by atoms with Crippen molar-refractivity contribution in [1.82, 2.24) is 31.5 Å². The average molecular weight is 1270 g/mol. The number of epoxide rings is 1. The number of allylic oxidation sites excluding steroid dienone is 3. The number of aliphatic hydroxyl groups is 1. The Kier molecular flexibility index (Phi) is 26.6. The number of unbranched alkanes of at least 4 members (excludes halogenated alkanes) is 1. The number of phenols is 1. The Balaban J connectivity index is 1.27.